The smallest absolute Gasteiger partial charge is 0.255 e. The molecule has 0 bridgehead atoms. The number of carbonyl (C=O) groups is 1. The van der Waals surface area contributed by atoms with Crippen LogP contribution in [-0.4, -0.2) is 34.4 Å². The van der Waals surface area contributed by atoms with Gasteiger partial charge in [-0.3, -0.25) is 4.79 Å². The highest BCUT2D eigenvalue weighted by Crippen LogP contribution is 2.27. The van der Waals surface area contributed by atoms with Crippen LogP contribution in [-0.2, 0) is 0 Å². The Labute approximate surface area is 106 Å². The molecule has 0 aromatic heterocycles. The first-order chi connectivity index (χ1) is 8.66. The Morgan fingerprint density at radius 3 is 2.56 bits per heavy atom. The normalized spacial score (nSPS) is 10.3. The van der Waals surface area contributed by atoms with Crippen LogP contribution < -0.4 is 5.32 Å². The van der Waals surface area contributed by atoms with Crippen molar-refractivity contribution < 1.29 is 20.1 Å². The monoisotopic (exact) mass is 253 g/mol. The average molecular weight is 253 g/mol. The van der Waals surface area contributed by atoms with E-state index in [1.807, 2.05) is 0 Å². The van der Waals surface area contributed by atoms with Crippen LogP contribution in [0.2, 0.25) is 0 Å². The molecule has 4 N–H and O–H groups in total. The highest BCUT2D eigenvalue weighted by Gasteiger charge is 2.12. The Hall–Kier alpha value is -1.75. The number of rotatable bonds is 7. The van der Waals surface area contributed by atoms with E-state index >= 15 is 0 Å². The molecule has 100 valence electrons. The summed E-state index contributed by atoms with van der Waals surface area (Å²) in [6.45, 7) is 0.711. The van der Waals surface area contributed by atoms with E-state index < -0.39 is 11.7 Å². The van der Waals surface area contributed by atoms with Crippen molar-refractivity contribution in [1.82, 2.24) is 5.32 Å². The molecule has 0 heterocycles. The van der Waals surface area contributed by atoms with Gasteiger partial charge in [0.25, 0.3) is 5.91 Å². The zero-order valence-electron chi connectivity index (χ0n) is 10.2. The van der Waals surface area contributed by atoms with E-state index in [1.54, 1.807) is 0 Å². The summed E-state index contributed by atoms with van der Waals surface area (Å²) in [4.78, 5) is 11.7. The standard InChI is InChI=1S/C13H19NO4/c15-9-4-2-1-3-8-14-13(18)10-6-5-7-11(16)12(10)17/h5-7,15-17H,1-4,8-9H2,(H,14,18). The summed E-state index contributed by atoms with van der Waals surface area (Å²) in [7, 11) is 0. The van der Waals surface area contributed by atoms with Gasteiger partial charge in [0.05, 0.1) is 5.56 Å². The van der Waals surface area contributed by atoms with E-state index in [0.29, 0.717) is 6.54 Å². The minimum atomic E-state index is -0.398. The number of phenolic OH excluding ortho intramolecular Hbond substituents is 2. The minimum Gasteiger partial charge on any atom is -0.504 e. The lowest BCUT2D eigenvalue weighted by Gasteiger charge is -2.07. The lowest BCUT2D eigenvalue weighted by Crippen LogP contribution is -2.24. The summed E-state index contributed by atoms with van der Waals surface area (Å²) < 4.78 is 0. The van der Waals surface area contributed by atoms with Crippen molar-refractivity contribution in [3.05, 3.63) is 23.8 Å². The molecule has 1 amide bonds. The Bertz CT molecular complexity index is 393. The molecule has 0 atom stereocenters. The average Bonchev–Trinajstić information content (AvgIpc) is 2.36. The molecular weight excluding hydrogens is 234 g/mol. The van der Waals surface area contributed by atoms with Crippen LogP contribution in [0.5, 0.6) is 11.5 Å². The van der Waals surface area contributed by atoms with Gasteiger partial charge in [0.2, 0.25) is 0 Å². The van der Waals surface area contributed by atoms with Crippen LogP contribution in [0, 0.1) is 0 Å². The number of phenols is 2. The van der Waals surface area contributed by atoms with E-state index in [-0.39, 0.29) is 17.9 Å². The first-order valence-corrected chi connectivity index (χ1v) is 6.07. The number of para-hydroxylation sites is 1. The van der Waals surface area contributed by atoms with E-state index in [1.165, 1.54) is 18.2 Å². The second kappa shape index (κ2) is 7.55. The Kier molecular flexibility index (Phi) is 6.00. The van der Waals surface area contributed by atoms with Crippen molar-refractivity contribution in [2.24, 2.45) is 0 Å². The molecule has 0 aliphatic rings. The first kappa shape index (κ1) is 14.3. The van der Waals surface area contributed by atoms with Crippen LogP contribution in [0.1, 0.15) is 36.0 Å². The molecule has 0 fully saturated rings. The molecular formula is C13H19NO4. The number of amides is 1. The molecule has 0 radical (unpaired) electrons. The van der Waals surface area contributed by atoms with Crippen LogP contribution in [0.15, 0.2) is 18.2 Å². The molecule has 0 aliphatic carbocycles. The van der Waals surface area contributed by atoms with E-state index in [2.05, 4.69) is 5.32 Å². The van der Waals surface area contributed by atoms with E-state index in [0.717, 1.165) is 25.7 Å². The molecule has 0 aliphatic heterocycles. The predicted octanol–water partition coefficient (Wildman–Crippen LogP) is 1.38. The fourth-order valence-electron chi connectivity index (χ4n) is 1.60. The predicted molar refractivity (Wildman–Crippen MR) is 67.7 cm³/mol. The number of carbonyl (C=O) groups excluding carboxylic acids is 1. The van der Waals surface area contributed by atoms with Crippen LogP contribution in [0.25, 0.3) is 0 Å². The third-order valence-corrected chi connectivity index (χ3v) is 2.63. The summed E-state index contributed by atoms with van der Waals surface area (Å²) in [6, 6.07) is 4.28. The van der Waals surface area contributed by atoms with Crippen molar-refractivity contribution in [2.75, 3.05) is 13.2 Å². The van der Waals surface area contributed by atoms with Crippen molar-refractivity contribution in [2.45, 2.75) is 25.7 Å². The third-order valence-electron chi connectivity index (χ3n) is 2.63. The zero-order valence-corrected chi connectivity index (χ0v) is 10.2. The Balaban J connectivity index is 2.35. The fraction of sp³-hybridized carbons (Fsp3) is 0.462. The lowest BCUT2D eigenvalue weighted by molar-refractivity contribution is 0.0949. The van der Waals surface area contributed by atoms with Gasteiger partial charge in [-0.25, -0.2) is 0 Å². The van der Waals surface area contributed by atoms with Gasteiger partial charge in [0, 0.05) is 13.2 Å². The van der Waals surface area contributed by atoms with Gasteiger partial charge < -0.3 is 20.6 Å². The molecule has 18 heavy (non-hydrogen) atoms. The van der Waals surface area contributed by atoms with Gasteiger partial charge in [-0.1, -0.05) is 18.9 Å². The van der Waals surface area contributed by atoms with Gasteiger partial charge >= 0.3 is 0 Å². The number of aromatic hydroxyl groups is 2. The highest BCUT2D eigenvalue weighted by atomic mass is 16.3. The number of benzene rings is 1. The summed E-state index contributed by atoms with van der Waals surface area (Å²) >= 11 is 0. The summed E-state index contributed by atoms with van der Waals surface area (Å²) in [5.74, 6) is -1.09. The number of hydrogen-bond donors (Lipinski definition) is 4. The van der Waals surface area contributed by atoms with Crippen molar-refractivity contribution in [1.29, 1.82) is 0 Å². The van der Waals surface area contributed by atoms with Gasteiger partial charge in [-0.2, -0.15) is 0 Å². The maximum Gasteiger partial charge on any atom is 0.255 e. The number of hydrogen-bond acceptors (Lipinski definition) is 4. The fourth-order valence-corrected chi connectivity index (χ4v) is 1.60. The first-order valence-electron chi connectivity index (χ1n) is 6.07. The maximum absolute atomic E-state index is 11.7. The third kappa shape index (κ3) is 4.25. The van der Waals surface area contributed by atoms with Crippen LogP contribution >= 0.6 is 0 Å². The molecule has 1 aromatic carbocycles. The molecule has 0 unspecified atom stereocenters. The molecule has 1 rings (SSSR count). The van der Waals surface area contributed by atoms with Crippen molar-refractivity contribution in [3.8, 4) is 11.5 Å². The lowest BCUT2D eigenvalue weighted by atomic mass is 10.1. The Morgan fingerprint density at radius 2 is 1.83 bits per heavy atom. The molecule has 5 nitrogen and oxygen atoms in total. The zero-order chi connectivity index (χ0) is 13.4. The van der Waals surface area contributed by atoms with Crippen molar-refractivity contribution in [3.63, 3.8) is 0 Å². The molecule has 1 aromatic rings. The number of aliphatic hydroxyl groups excluding tert-OH is 1. The quantitative estimate of drug-likeness (QED) is 0.436. The van der Waals surface area contributed by atoms with Crippen LogP contribution in [0.3, 0.4) is 0 Å². The van der Waals surface area contributed by atoms with Gasteiger partial charge in [-0.05, 0) is 25.0 Å². The number of unbranched alkanes of at least 4 members (excludes halogenated alkanes) is 3. The van der Waals surface area contributed by atoms with Gasteiger partial charge in [-0.15, -0.1) is 0 Å². The van der Waals surface area contributed by atoms with E-state index in [4.69, 9.17) is 5.11 Å². The molecule has 0 saturated carbocycles. The van der Waals surface area contributed by atoms with Gasteiger partial charge in [0.15, 0.2) is 11.5 Å². The second-order valence-corrected chi connectivity index (χ2v) is 4.07. The molecule has 0 spiro atoms. The number of nitrogens with one attached hydrogen (secondary N) is 1. The van der Waals surface area contributed by atoms with Gasteiger partial charge in [0.1, 0.15) is 0 Å². The summed E-state index contributed by atoms with van der Waals surface area (Å²) in [6.07, 6.45) is 3.48. The molecule has 0 saturated heterocycles. The highest BCUT2D eigenvalue weighted by molar-refractivity contribution is 5.97. The van der Waals surface area contributed by atoms with Crippen molar-refractivity contribution >= 4 is 5.91 Å². The second-order valence-electron chi connectivity index (χ2n) is 4.07. The molecule has 5 heteroatoms. The Morgan fingerprint density at radius 1 is 1.11 bits per heavy atom. The largest absolute Gasteiger partial charge is 0.504 e. The van der Waals surface area contributed by atoms with Crippen LogP contribution in [0.4, 0.5) is 0 Å². The van der Waals surface area contributed by atoms with E-state index in [9.17, 15) is 15.0 Å². The SMILES string of the molecule is O=C(NCCCCCCO)c1cccc(O)c1O. The summed E-state index contributed by atoms with van der Waals surface area (Å²) in [5.41, 5.74) is 0.0744. The number of aliphatic hydroxyl groups is 1. The topological polar surface area (TPSA) is 89.8 Å². The summed E-state index contributed by atoms with van der Waals surface area (Å²) in [5, 5.41) is 30.0. The minimum absolute atomic E-state index is 0.0744. The maximum atomic E-state index is 11.7.